The Morgan fingerprint density at radius 1 is 1.30 bits per heavy atom. The molecular formula is C19H19Cl2FN4O4. The maximum Gasteiger partial charge on any atom is 0.439 e. The second-order valence-electron chi connectivity index (χ2n) is 6.75. The molecule has 0 unspecified atom stereocenters. The van der Waals surface area contributed by atoms with Gasteiger partial charge in [0.25, 0.3) is 5.56 Å². The first-order valence-electron chi connectivity index (χ1n) is 9.06. The van der Waals surface area contributed by atoms with Gasteiger partial charge in [-0.25, -0.2) is 9.18 Å². The summed E-state index contributed by atoms with van der Waals surface area (Å²) in [6, 6.07) is 7.84. The van der Waals surface area contributed by atoms with Crippen LogP contribution in [0.2, 0.25) is 5.02 Å². The van der Waals surface area contributed by atoms with Crippen molar-refractivity contribution in [3.63, 3.8) is 0 Å². The number of nitrogens with zero attached hydrogens (tertiary/aromatic N) is 2. The predicted octanol–water partition coefficient (Wildman–Crippen LogP) is 2.38. The zero-order chi connectivity index (χ0) is 20.4. The molecule has 1 fully saturated rings. The van der Waals surface area contributed by atoms with Crippen LogP contribution < -0.4 is 16.6 Å². The zero-order valence-electron chi connectivity index (χ0n) is 15.6. The van der Waals surface area contributed by atoms with Crippen LogP contribution in [0.3, 0.4) is 0 Å². The van der Waals surface area contributed by atoms with Crippen LogP contribution >= 0.6 is 24.0 Å². The van der Waals surface area contributed by atoms with Gasteiger partial charge in [0.1, 0.15) is 5.82 Å². The summed E-state index contributed by atoms with van der Waals surface area (Å²) < 4.78 is 26.0. The van der Waals surface area contributed by atoms with Crippen molar-refractivity contribution >= 4 is 24.0 Å². The summed E-state index contributed by atoms with van der Waals surface area (Å²) in [5.41, 5.74) is 0.544. The third-order valence-corrected chi connectivity index (χ3v) is 5.14. The lowest BCUT2D eigenvalue weighted by atomic mass is 9.95. The number of rotatable bonds is 4. The molecule has 1 aliphatic heterocycles. The molecule has 0 bridgehead atoms. The predicted molar refractivity (Wildman–Crippen MR) is 111 cm³/mol. The van der Waals surface area contributed by atoms with Gasteiger partial charge in [-0.3, -0.25) is 14.3 Å². The Bertz CT molecular complexity index is 1130. The molecule has 0 saturated carbocycles. The van der Waals surface area contributed by atoms with Gasteiger partial charge in [0.2, 0.25) is 0 Å². The number of aromatic amines is 1. The van der Waals surface area contributed by atoms with Crippen molar-refractivity contribution in [1.29, 1.82) is 0 Å². The van der Waals surface area contributed by atoms with E-state index in [-0.39, 0.29) is 40.3 Å². The number of halogens is 3. The van der Waals surface area contributed by atoms with Crippen LogP contribution in [-0.4, -0.2) is 34.4 Å². The Hall–Kier alpha value is -2.46. The quantitative estimate of drug-likeness (QED) is 0.624. The van der Waals surface area contributed by atoms with Crippen LogP contribution in [0.4, 0.5) is 4.39 Å². The fraction of sp³-hybridized carbons (Fsp3) is 0.316. The van der Waals surface area contributed by atoms with Crippen molar-refractivity contribution in [2.45, 2.75) is 12.6 Å². The highest BCUT2D eigenvalue weighted by Crippen LogP contribution is 2.30. The Kier molecular flexibility index (Phi) is 7.09. The molecule has 2 N–H and O–H groups in total. The summed E-state index contributed by atoms with van der Waals surface area (Å²) in [4.78, 5) is 26.5. The van der Waals surface area contributed by atoms with Crippen LogP contribution in [0.25, 0.3) is 11.4 Å². The standard InChI is InChI=1S/C19H18ClFN4O4.ClH/c20-14-4-3-11(8-15(14)21)16-12(9-22-5-7-28-16)10-25-6-1-2-13(18(25)26)17-23-19(27)29-24-17;/h1-4,6,8,12,16,22H,5,7,9-10H2,(H,23,24,27);1H/t12-,16-;/m0./s1. The minimum Gasteiger partial charge on any atom is -0.372 e. The monoisotopic (exact) mass is 456 g/mol. The lowest BCUT2D eigenvalue weighted by molar-refractivity contribution is 0.0249. The molecule has 30 heavy (non-hydrogen) atoms. The topological polar surface area (TPSA) is 102 Å². The number of hydrogen-bond donors (Lipinski definition) is 2. The third-order valence-electron chi connectivity index (χ3n) is 4.83. The Balaban J connectivity index is 0.00000256. The maximum atomic E-state index is 14.0. The first kappa shape index (κ1) is 22.2. The number of benzene rings is 1. The van der Waals surface area contributed by atoms with Gasteiger partial charge in [-0.05, 0) is 29.8 Å². The third kappa shape index (κ3) is 4.65. The molecule has 1 saturated heterocycles. The molecule has 1 aliphatic rings. The summed E-state index contributed by atoms with van der Waals surface area (Å²) in [5, 5.41) is 6.90. The van der Waals surface area contributed by atoms with Gasteiger partial charge in [0.15, 0.2) is 5.82 Å². The highest BCUT2D eigenvalue weighted by molar-refractivity contribution is 6.30. The smallest absolute Gasteiger partial charge is 0.372 e. The summed E-state index contributed by atoms with van der Waals surface area (Å²) in [6.07, 6.45) is 1.23. The highest BCUT2D eigenvalue weighted by atomic mass is 35.5. The summed E-state index contributed by atoms with van der Waals surface area (Å²) in [7, 11) is 0. The van der Waals surface area contributed by atoms with Crippen LogP contribution in [-0.2, 0) is 11.3 Å². The summed E-state index contributed by atoms with van der Waals surface area (Å²) in [5.74, 6) is -1.33. The molecular weight excluding hydrogens is 438 g/mol. The molecule has 0 amide bonds. The van der Waals surface area contributed by atoms with Crippen molar-refractivity contribution < 1.29 is 13.7 Å². The largest absolute Gasteiger partial charge is 0.439 e. The Morgan fingerprint density at radius 2 is 2.13 bits per heavy atom. The molecule has 4 rings (SSSR count). The minimum absolute atomic E-state index is 0. The maximum absolute atomic E-state index is 14.0. The number of H-pyrrole nitrogens is 1. The molecule has 11 heteroatoms. The number of nitrogens with one attached hydrogen (secondary N) is 2. The zero-order valence-corrected chi connectivity index (χ0v) is 17.2. The van der Waals surface area contributed by atoms with Gasteiger partial charge in [-0.2, -0.15) is 0 Å². The molecule has 0 spiro atoms. The second-order valence-corrected chi connectivity index (χ2v) is 7.16. The summed E-state index contributed by atoms with van der Waals surface area (Å²) >= 11 is 5.80. The lowest BCUT2D eigenvalue weighted by Gasteiger charge is -2.26. The minimum atomic E-state index is -0.735. The lowest BCUT2D eigenvalue weighted by Crippen LogP contribution is -2.32. The van der Waals surface area contributed by atoms with E-state index in [1.807, 2.05) is 0 Å². The summed E-state index contributed by atoms with van der Waals surface area (Å²) in [6.45, 7) is 2.00. The second kappa shape index (κ2) is 9.57. The van der Waals surface area contributed by atoms with Crippen molar-refractivity contribution in [2.24, 2.45) is 5.92 Å². The first-order chi connectivity index (χ1) is 14.0. The van der Waals surface area contributed by atoms with Crippen molar-refractivity contribution in [1.82, 2.24) is 20.0 Å². The molecule has 0 aliphatic carbocycles. The van der Waals surface area contributed by atoms with E-state index in [2.05, 4.69) is 20.0 Å². The normalized spacial score (nSPS) is 19.1. The fourth-order valence-electron chi connectivity index (χ4n) is 3.47. The highest BCUT2D eigenvalue weighted by Gasteiger charge is 2.28. The molecule has 8 nitrogen and oxygen atoms in total. The van der Waals surface area contributed by atoms with Gasteiger partial charge in [-0.15, -0.1) is 12.4 Å². The van der Waals surface area contributed by atoms with E-state index in [9.17, 15) is 14.0 Å². The number of aromatic nitrogens is 3. The van der Waals surface area contributed by atoms with E-state index in [0.29, 0.717) is 31.8 Å². The Morgan fingerprint density at radius 3 is 2.87 bits per heavy atom. The van der Waals surface area contributed by atoms with E-state index in [4.69, 9.17) is 16.3 Å². The van der Waals surface area contributed by atoms with E-state index < -0.39 is 17.7 Å². The molecule has 2 aromatic heterocycles. The van der Waals surface area contributed by atoms with Crippen molar-refractivity contribution in [3.05, 3.63) is 73.8 Å². The average molecular weight is 457 g/mol. The molecule has 1 aromatic carbocycles. The van der Waals surface area contributed by atoms with Crippen LogP contribution in [0.5, 0.6) is 0 Å². The van der Waals surface area contributed by atoms with E-state index in [1.165, 1.54) is 16.7 Å². The Labute approximate surface area is 181 Å². The van der Waals surface area contributed by atoms with Gasteiger partial charge in [0, 0.05) is 31.7 Å². The van der Waals surface area contributed by atoms with Crippen LogP contribution in [0, 0.1) is 11.7 Å². The molecule has 2 atom stereocenters. The van der Waals surface area contributed by atoms with Gasteiger partial charge in [-0.1, -0.05) is 22.8 Å². The van der Waals surface area contributed by atoms with E-state index in [1.54, 1.807) is 24.4 Å². The molecule has 0 radical (unpaired) electrons. The molecule has 3 heterocycles. The van der Waals surface area contributed by atoms with E-state index in [0.717, 1.165) is 0 Å². The van der Waals surface area contributed by atoms with Gasteiger partial charge in [0.05, 0.1) is 23.3 Å². The van der Waals surface area contributed by atoms with E-state index >= 15 is 0 Å². The SMILES string of the molecule is Cl.O=c1[nH]c(-c2cccn(C[C@@H]3CNCCO[C@H]3c3ccc(Cl)c(F)c3)c2=O)no1. The molecule has 3 aromatic rings. The first-order valence-corrected chi connectivity index (χ1v) is 9.44. The number of ether oxygens (including phenoxy) is 1. The average Bonchev–Trinajstić information content (AvgIpc) is 3.00. The van der Waals surface area contributed by atoms with Crippen LogP contribution in [0.15, 0.2) is 50.6 Å². The number of pyridine rings is 1. The van der Waals surface area contributed by atoms with Crippen molar-refractivity contribution in [2.75, 3.05) is 19.7 Å². The fourth-order valence-corrected chi connectivity index (χ4v) is 3.58. The van der Waals surface area contributed by atoms with Crippen molar-refractivity contribution in [3.8, 4) is 11.4 Å². The molecule has 160 valence electrons. The van der Waals surface area contributed by atoms with Gasteiger partial charge >= 0.3 is 5.76 Å². The van der Waals surface area contributed by atoms with Crippen LogP contribution in [0.1, 0.15) is 11.7 Å². The number of hydrogen-bond acceptors (Lipinski definition) is 6. The van der Waals surface area contributed by atoms with Gasteiger partial charge < -0.3 is 14.6 Å².